The number of benzene rings is 1. The van der Waals surface area contributed by atoms with Crippen LogP contribution in [0.1, 0.15) is 16.9 Å². The molecular formula is C22H20F3N5O2. The van der Waals surface area contributed by atoms with Gasteiger partial charge in [0.15, 0.2) is 11.5 Å². The van der Waals surface area contributed by atoms with Gasteiger partial charge in [-0.2, -0.15) is 0 Å². The lowest BCUT2D eigenvalue weighted by Crippen LogP contribution is -2.19. The minimum absolute atomic E-state index is 0.257. The first-order valence-corrected chi connectivity index (χ1v) is 9.93. The maximum absolute atomic E-state index is 14.4. The van der Waals surface area contributed by atoms with E-state index in [-0.39, 0.29) is 17.1 Å². The smallest absolute Gasteiger partial charge is 0.276 e. The molecule has 1 amide bonds. The predicted molar refractivity (Wildman–Crippen MR) is 113 cm³/mol. The molecule has 10 heteroatoms. The molecule has 1 aliphatic rings. The van der Waals surface area contributed by atoms with E-state index in [1.54, 1.807) is 6.07 Å². The maximum atomic E-state index is 14.4. The summed E-state index contributed by atoms with van der Waals surface area (Å²) in [7, 11) is 0. The van der Waals surface area contributed by atoms with Crippen LogP contribution in [0.2, 0.25) is 0 Å². The van der Waals surface area contributed by atoms with Crippen LogP contribution in [0.5, 0.6) is 5.75 Å². The molecule has 2 aromatic heterocycles. The molecule has 0 saturated carbocycles. The zero-order valence-electron chi connectivity index (χ0n) is 16.9. The summed E-state index contributed by atoms with van der Waals surface area (Å²) in [6.07, 6.45) is 3.89. The summed E-state index contributed by atoms with van der Waals surface area (Å²) >= 11 is 0. The van der Waals surface area contributed by atoms with E-state index < -0.39 is 34.6 Å². The molecule has 7 nitrogen and oxygen atoms in total. The van der Waals surface area contributed by atoms with E-state index in [1.165, 1.54) is 12.4 Å². The summed E-state index contributed by atoms with van der Waals surface area (Å²) in [6, 6.07) is 5.47. The van der Waals surface area contributed by atoms with Crippen molar-refractivity contribution >= 4 is 17.3 Å². The maximum Gasteiger partial charge on any atom is 0.276 e. The number of halogens is 3. The number of nitrogens with zero attached hydrogens (tertiary/aromatic N) is 2. The van der Waals surface area contributed by atoms with Gasteiger partial charge in [-0.05, 0) is 25.1 Å². The summed E-state index contributed by atoms with van der Waals surface area (Å²) in [6.45, 7) is 2.22. The topological polar surface area (TPSA) is 102 Å². The first-order chi connectivity index (χ1) is 15.4. The van der Waals surface area contributed by atoms with Gasteiger partial charge < -0.3 is 21.1 Å². The van der Waals surface area contributed by atoms with E-state index >= 15 is 0 Å². The van der Waals surface area contributed by atoms with E-state index in [9.17, 15) is 18.0 Å². The SMILES string of the molecule is Nc1cc(F)c(-c2c(F)cccc2F)nc1C(=O)Nc1cnccc1OCC1CCNC1. The summed E-state index contributed by atoms with van der Waals surface area (Å²) in [4.78, 5) is 20.7. The average Bonchev–Trinajstić information content (AvgIpc) is 3.28. The van der Waals surface area contributed by atoms with E-state index in [0.29, 0.717) is 18.3 Å². The van der Waals surface area contributed by atoms with E-state index in [4.69, 9.17) is 10.5 Å². The van der Waals surface area contributed by atoms with Crippen molar-refractivity contribution in [3.8, 4) is 17.0 Å². The van der Waals surface area contributed by atoms with Gasteiger partial charge in [0.05, 0.1) is 24.1 Å². The van der Waals surface area contributed by atoms with Crippen molar-refractivity contribution in [3.63, 3.8) is 0 Å². The Balaban J connectivity index is 1.61. The number of aromatic nitrogens is 2. The number of nitrogens with two attached hydrogens (primary N) is 1. The summed E-state index contributed by atoms with van der Waals surface area (Å²) < 4.78 is 48.6. The third kappa shape index (κ3) is 4.50. The third-order valence-electron chi connectivity index (χ3n) is 5.09. The van der Waals surface area contributed by atoms with Crippen LogP contribution in [-0.4, -0.2) is 35.6 Å². The van der Waals surface area contributed by atoms with E-state index in [1.807, 2.05) is 0 Å². The van der Waals surface area contributed by atoms with Crippen molar-refractivity contribution < 1.29 is 22.7 Å². The molecule has 1 atom stereocenters. The van der Waals surface area contributed by atoms with Gasteiger partial charge in [0.2, 0.25) is 0 Å². The summed E-state index contributed by atoms with van der Waals surface area (Å²) in [5, 5.41) is 5.82. The number of ether oxygens (including phenoxy) is 1. The van der Waals surface area contributed by atoms with Gasteiger partial charge in [-0.25, -0.2) is 18.2 Å². The van der Waals surface area contributed by atoms with E-state index in [0.717, 1.165) is 43.8 Å². The van der Waals surface area contributed by atoms with Gasteiger partial charge in [-0.1, -0.05) is 6.07 Å². The largest absolute Gasteiger partial charge is 0.491 e. The Kier molecular flexibility index (Phi) is 6.22. The van der Waals surface area contributed by atoms with Crippen LogP contribution in [0.3, 0.4) is 0 Å². The molecule has 0 aliphatic carbocycles. The molecule has 1 aliphatic heterocycles. The molecule has 1 saturated heterocycles. The molecule has 4 N–H and O–H groups in total. The Bertz CT molecular complexity index is 1130. The second-order valence-electron chi connectivity index (χ2n) is 7.35. The first-order valence-electron chi connectivity index (χ1n) is 9.93. The van der Waals surface area contributed by atoms with Crippen molar-refractivity contribution in [1.29, 1.82) is 0 Å². The van der Waals surface area contributed by atoms with Crippen molar-refractivity contribution in [2.24, 2.45) is 5.92 Å². The Morgan fingerprint density at radius 1 is 1.22 bits per heavy atom. The van der Waals surface area contributed by atoms with Crippen molar-refractivity contribution in [2.75, 3.05) is 30.7 Å². The molecular weight excluding hydrogens is 423 g/mol. The van der Waals surface area contributed by atoms with Crippen LogP contribution in [0.15, 0.2) is 42.7 Å². The summed E-state index contributed by atoms with van der Waals surface area (Å²) in [5.41, 5.74) is 4.01. The standard InChI is InChI=1S/C22H20F3N5O2/c23-13-2-1-3-14(24)19(13)20-15(25)8-16(26)21(30-20)22(31)29-17-10-28-7-5-18(17)32-11-12-4-6-27-9-12/h1-3,5,7-8,10,12,27H,4,6,9,11,26H2,(H,29,31). The second kappa shape index (κ2) is 9.23. The highest BCUT2D eigenvalue weighted by molar-refractivity contribution is 6.07. The van der Waals surface area contributed by atoms with Gasteiger partial charge in [-0.15, -0.1) is 0 Å². The molecule has 4 rings (SSSR count). The number of nitrogens with one attached hydrogen (secondary N) is 2. The first kappa shape index (κ1) is 21.6. The Hall–Kier alpha value is -3.66. The van der Waals surface area contributed by atoms with Crippen LogP contribution >= 0.6 is 0 Å². The zero-order chi connectivity index (χ0) is 22.7. The van der Waals surface area contributed by atoms with Crippen LogP contribution in [0, 0.1) is 23.4 Å². The lowest BCUT2D eigenvalue weighted by atomic mass is 10.1. The monoisotopic (exact) mass is 443 g/mol. The highest BCUT2D eigenvalue weighted by Gasteiger charge is 2.23. The Morgan fingerprint density at radius 2 is 2.00 bits per heavy atom. The van der Waals surface area contributed by atoms with Gasteiger partial charge in [0, 0.05) is 30.8 Å². The van der Waals surface area contributed by atoms with Crippen LogP contribution < -0.4 is 21.1 Å². The number of anilines is 2. The predicted octanol–water partition coefficient (Wildman–Crippen LogP) is 3.38. The van der Waals surface area contributed by atoms with Gasteiger partial charge in [0.25, 0.3) is 5.91 Å². The quantitative estimate of drug-likeness (QED) is 0.540. The number of hydrogen-bond donors (Lipinski definition) is 3. The van der Waals surface area contributed by atoms with Crippen molar-refractivity contribution in [2.45, 2.75) is 6.42 Å². The number of carbonyl (C=O) groups is 1. The third-order valence-corrected chi connectivity index (χ3v) is 5.09. The number of pyridine rings is 2. The van der Waals surface area contributed by atoms with Crippen LogP contribution in [0.4, 0.5) is 24.5 Å². The van der Waals surface area contributed by atoms with Gasteiger partial charge >= 0.3 is 0 Å². The van der Waals surface area contributed by atoms with Crippen molar-refractivity contribution in [3.05, 3.63) is 65.9 Å². The van der Waals surface area contributed by atoms with E-state index in [2.05, 4.69) is 20.6 Å². The zero-order valence-corrected chi connectivity index (χ0v) is 16.9. The Morgan fingerprint density at radius 3 is 2.72 bits per heavy atom. The fourth-order valence-electron chi connectivity index (χ4n) is 3.43. The molecule has 3 aromatic rings. The van der Waals surface area contributed by atoms with Crippen molar-refractivity contribution in [1.82, 2.24) is 15.3 Å². The highest BCUT2D eigenvalue weighted by Crippen LogP contribution is 2.30. The fourth-order valence-corrected chi connectivity index (χ4v) is 3.43. The lowest BCUT2D eigenvalue weighted by molar-refractivity contribution is 0.102. The fraction of sp³-hybridized carbons (Fsp3) is 0.227. The number of rotatable bonds is 6. The molecule has 0 radical (unpaired) electrons. The molecule has 1 fully saturated rings. The average molecular weight is 443 g/mol. The lowest BCUT2D eigenvalue weighted by Gasteiger charge is -2.15. The molecule has 32 heavy (non-hydrogen) atoms. The molecule has 166 valence electrons. The van der Waals surface area contributed by atoms with Gasteiger partial charge in [-0.3, -0.25) is 9.78 Å². The van der Waals surface area contributed by atoms with Crippen LogP contribution in [-0.2, 0) is 0 Å². The number of nitrogen functional groups attached to an aromatic ring is 1. The number of carbonyl (C=O) groups excluding carboxylic acids is 1. The minimum Gasteiger partial charge on any atom is -0.491 e. The highest BCUT2D eigenvalue weighted by atomic mass is 19.1. The molecule has 0 bridgehead atoms. The number of hydrogen-bond acceptors (Lipinski definition) is 6. The summed E-state index contributed by atoms with van der Waals surface area (Å²) in [5.74, 6) is -3.16. The molecule has 0 spiro atoms. The second-order valence-corrected chi connectivity index (χ2v) is 7.35. The number of amides is 1. The van der Waals surface area contributed by atoms with Gasteiger partial charge in [0.1, 0.15) is 28.8 Å². The molecule has 1 aromatic carbocycles. The van der Waals surface area contributed by atoms with Crippen LogP contribution in [0.25, 0.3) is 11.3 Å². The molecule has 3 heterocycles. The minimum atomic E-state index is -1.06. The normalized spacial score (nSPS) is 15.5. The molecule has 1 unspecified atom stereocenters. The Labute approximate surface area is 181 Å².